The van der Waals surface area contributed by atoms with Crippen molar-refractivity contribution in [2.45, 2.75) is 45.1 Å². The van der Waals surface area contributed by atoms with Gasteiger partial charge in [0.15, 0.2) is 0 Å². The summed E-state index contributed by atoms with van der Waals surface area (Å²) in [6, 6.07) is 8.80. The minimum atomic E-state index is -0.497. The van der Waals surface area contributed by atoms with Crippen molar-refractivity contribution in [3.05, 3.63) is 47.7 Å². The van der Waals surface area contributed by atoms with Gasteiger partial charge >= 0.3 is 0 Å². The van der Waals surface area contributed by atoms with E-state index < -0.39 is 5.41 Å². The summed E-state index contributed by atoms with van der Waals surface area (Å²) in [6.45, 7) is 4.44. The van der Waals surface area contributed by atoms with Gasteiger partial charge in [0.25, 0.3) is 0 Å². The monoisotopic (exact) mass is 423 g/mol. The highest BCUT2D eigenvalue weighted by Crippen LogP contribution is 2.40. The lowest BCUT2D eigenvalue weighted by molar-refractivity contribution is -0.0134. The van der Waals surface area contributed by atoms with Gasteiger partial charge < -0.3 is 20.2 Å². The van der Waals surface area contributed by atoms with Gasteiger partial charge in [-0.2, -0.15) is 5.26 Å². The molecule has 0 bridgehead atoms. The molecule has 3 aromatic rings. The third-order valence-electron chi connectivity index (χ3n) is 5.38. The van der Waals surface area contributed by atoms with Gasteiger partial charge in [-0.05, 0) is 50.3 Å². The van der Waals surface area contributed by atoms with E-state index in [9.17, 15) is 4.39 Å². The normalized spacial score (nSPS) is 17.8. The Bertz CT molecular complexity index is 1120. The number of anilines is 1. The molecule has 2 aromatic heterocycles. The summed E-state index contributed by atoms with van der Waals surface area (Å²) in [5.41, 5.74) is 8.28. The van der Waals surface area contributed by atoms with Crippen LogP contribution in [-0.2, 0) is 11.2 Å². The highest BCUT2D eigenvalue weighted by atomic mass is 19.1. The van der Waals surface area contributed by atoms with Crippen LogP contribution < -0.4 is 10.5 Å². The summed E-state index contributed by atoms with van der Waals surface area (Å²) < 4.78 is 24.1. The number of nitrogens with zero attached hydrogens (tertiary/aromatic N) is 3. The fourth-order valence-electron chi connectivity index (χ4n) is 3.38. The van der Waals surface area contributed by atoms with Crippen LogP contribution in [-0.4, -0.2) is 34.3 Å². The number of nitrogen functional groups attached to an aromatic ring is 1. The van der Waals surface area contributed by atoms with Gasteiger partial charge in [-0.1, -0.05) is 6.07 Å². The summed E-state index contributed by atoms with van der Waals surface area (Å²) in [7, 11) is 0. The molecule has 1 aliphatic carbocycles. The Hall–Kier alpha value is -3.18. The molecule has 7 nitrogen and oxygen atoms in total. The van der Waals surface area contributed by atoms with E-state index in [2.05, 4.69) is 27.1 Å². The average Bonchev–Trinajstić information content (AvgIpc) is 3.52. The SMILES string of the molecule is CC(C)(C#N)COC1COc2cc(F)ccc2C1.Nc1ncnc2[nH]c(C3CC3)cc12. The molecule has 3 heterocycles. The Balaban J connectivity index is 0.000000156. The topological polar surface area (TPSA) is 110 Å². The van der Waals surface area contributed by atoms with Gasteiger partial charge in [0.2, 0.25) is 0 Å². The lowest BCUT2D eigenvalue weighted by Crippen LogP contribution is -2.32. The largest absolute Gasteiger partial charge is 0.490 e. The van der Waals surface area contributed by atoms with E-state index in [1.54, 1.807) is 6.07 Å². The molecule has 31 heavy (non-hydrogen) atoms. The van der Waals surface area contributed by atoms with E-state index in [4.69, 9.17) is 20.5 Å². The van der Waals surface area contributed by atoms with E-state index in [1.807, 2.05) is 13.8 Å². The molecule has 0 spiro atoms. The molecular weight excluding hydrogens is 397 g/mol. The Morgan fingerprint density at radius 3 is 2.84 bits per heavy atom. The highest BCUT2D eigenvalue weighted by molar-refractivity contribution is 5.86. The molecule has 0 saturated heterocycles. The minimum Gasteiger partial charge on any atom is -0.490 e. The van der Waals surface area contributed by atoms with Gasteiger partial charge in [0.05, 0.1) is 29.6 Å². The van der Waals surface area contributed by atoms with Crippen molar-refractivity contribution >= 4 is 16.9 Å². The number of nitrogens with two attached hydrogens (primary N) is 1. The van der Waals surface area contributed by atoms with Crippen molar-refractivity contribution in [3.63, 3.8) is 0 Å². The van der Waals surface area contributed by atoms with Gasteiger partial charge in [0, 0.05) is 18.2 Å². The molecule has 0 radical (unpaired) electrons. The number of aromatic nitrogens is 3. The molecule has 1 saturated carbocycles. The molecule has 1 aromatic carbocycles. The number of ether oxygens (including phenoxy) is 2. The first-order valence-corrected chi connectivity index (χ1v) is 10.4. The molecule has 0 amide bonds. The number of nitrogens with one attached hydrogen (secondary N) is 1. The van der Waals surface area contributed by atoms with Gasteiger partial charge in [-0.3, -0.25) is 0 Å². The van der Waals surface area contributed by atoms with Crippen molar-refractivity contribution in [1.82, 2.24) is 15.0 Å². The molecule has 162 valence electrons. The molecule has 1 unspecified atom stereocenters. The Labute approximate surface area is 180 Å². The Morgan fingerprint density at radius 2 is 2.13 bits per heavy atom. The number of fused-ring (bicyclic) bond motifs is 2. The lowest BCUT2D eigenvalue weighted by atomic mass is 9.97. The Morgan fingerprint density at radius 1 is 1.32 bits per heavy atom. The van der Waals surface area contributed by atoms with Crippen molar-refractivity contribution in [2.24, 2.45) is 5.41 Å². The summed E-state index contributed by atoms with van der Waals surface area (Å²) in [5.74, 6) is 1.56. The molecule has 1 atom stereocenters. The summed E-state index contributed by atoms with van der Waals surface area (Å²) >= 11 is 0. The second-order valence-corrected chi connectivity index (χ2v) is 8.72. The lowest BCUT2D eigenvalue weighted by Gasteiger charge is -2.27. The zero-order valence-electron chi connectivity index (χ0n) is 17.7. The second kappa shape index (κ2) is 8.52. The van der Waals surface area contributed by atoms with Gasteiger partial charge in [-0.15, -0.1) is 0 Å². The van der Waals surface area contributed by atoms with Crippen LogP contribution in [0.4, 0.5) is 10.2 Å². The molecule has 1 aliphatic heterocycles. The van der Waals surface area contributed by atoms with Crippen molar-refractivity contribution in [2.75, 3.05) is 18.9 Å². The summed E-state index contributed by atoms with van der Waals surface area (Å²) in [4.78, 5) is 11.3. The maximum atomic E-state index is 13.0. The van der Waals surface area contributed by atoms with Crippen molar-refractivity contribution in [1.29, 1.82) is 5.26 Å². The van der Waals surface area contributed by atoms with Crippen LogP contribution in [0.25, 0.3) is 11.0 Å². The van der Waals surface area contributed by atoms with Crippen LogP contribution in [0.1, 0.15) is 43.9 Å². The number of H-pyrrole nitrogens is 1. The van der Waals surface area contributed by atoms with Crippen LogP contribution in [0.15, 0.2) is 30.6 Å². The van der Waals surface area contributed by atoms with Crippen LogP contribution in [0.5, 0.6) is 5.75 Å². The molecule has 1 fully saturated rings. The van der Waals surface area contributed by atoms with Crippen LogP contribution in [0.2, 0.25) is 0 Å². The fraction of sp³-hybridized carbons (Fsp3) is 0.435. The van der Waals surface area contributed by atoms with Gasteiger partial charge in [-0.25, -0.2) is 14.4 Å². The molecule has 3 N–H and O–H groups in total. The van der Waals surface area contributed by atoms with Crippen molar-refractivity contribution < 1.29 is 13.9 Å². The standard InChI is InChI=1S/C14H16FNO2.C9H10N4/c1-14(2,8-16)9-18-12-5-10-3-4-11(15)6-13(10)17-7-12;10-8-6-3-7(5-1-2-5)13-9(6)12-4-11-8/h3-4,6,12H,5,7,9H2,1-2H3;3-5H,1-2H2,(H3,10,11,12,13). The van der Waals surface area contributed by atoms with E-state index in [0.717, 1.165) is 16.6 Å². The van der Waals surface area contributed by atoms with E-state index >= 15 is 0 Å². The van der Waals surface area contributed by atoms with Crippen molar-refractivity contribution in [3.8, 4) is 11.8 Å². The Kier molecular flexibility index (Phi) is 5.79. The first kappa shape index (κ1) is 21.1. The number of nitriles is 1. The molecule has 8 heteroatoms. The van der Waals surface area contributed by atoms with E-state index in [0.29, 0.717) is 37.1 Å². The minimum absolute atomic E-state index is 0.0735. The summed E-state index contributed by atoms with van der Waals surface area (Å²) in [6.07, 6.45) is 4.66. The first-order chi connectivity index (χ1) is 14.8. The number of halogens is 1. The maximum Gasteiger partial charge on any atom is 0.143 e. The highest BCUT2D eigenvalue weighted by Gasteiger charge is 2.26. The predicted molar refractivity (Wildman–Crippen MR) is 115 cm³/mol. The number of aromatic amines is 1. The van der Waals surface area contributed by atoms with Crippen LogP contribution in [0, 0.1) is 22.6 Å². The maximum absolute atomic E-state index is 13.0. The smallest absolute Gasteiger partial charge is 0.143 e. The third kappa shape index (κ3) is 5.12. The third-order valence-corrected chi connectivity index (χ3v) is 5.38. The van der Waals surface area contributed by atoms with E-state index in [1.165, 1.54) is 37.0 Å². The van der Waals surface area contributed by atoms with E-state index in [-0.39, 0.29) is 11.9 Å². The summed E-state index contributed by atoms with van der Waals surface area (Å²) in [5, 5.41) is 9.86. The average molecular weight is 423 g/mol. The number of benzene rings is 1. The number of rotatable bonds is 4. The molecule has 2 aliphatic rings. The molecular formula is C23H26FN5O2. The fourth-order valence-corrected chi connectivity index (χ4v) is 3.38. The number of hydrogen-bond donors (Lipinski definition) is 2. The van der Waals surface area contributed by atoms with Crippen LogP contribution >= 0.6 is 0 Å². The zero-order chi connectivity index (χ0) is 22.0. The second-order valence-electron chi connectivity index (χ2n) is 8.72. The molecule has 5 rings (SSSR count). The zero-order valence-corrected chi connectivity index (χ0v) is 17.7. The number of hydrogen-bond acceptors (Lipinski definition) is 6. The first-order valence-electron chi connectivity index (χ1n) is 10.4. The van der Waals surface area contributed by atoms with Crippen LogP contribution in [0.3, 0.4) is 0 Å². The van der Waals surface area contributed by atoms with Gasteiger partial charge in [0.1, 0.15) is 36.0 Å². The predicted octanol–water partition coefficient (Wildman–Crippen LogP) is 4.11. The quantitative estimate of drug-likeness (QED) is 0.653.